The molecule has 3 rings (SSSR count). The van der Waals surface area contributed by atoms with Crippen LogP contribution >= 0.6 is 11.3 Å². The van der Waals surface area contributed by atoms with Crippen LogP contribution in [0.15, 0.2) is 23.6 Å². The molecule has 1 aromatic carbocycles. The molecule has 5 heteroatoms. The highest BCUT2D eigenvalue weighted by molar-refractivity contribution is 7.91. The normalized spacial score (nSPS) is 21.4. The van der Waals surface area contributed by atoms with Crippen molar-refractivity contribution >= 4 is 37.0 Å². The van der Waals surface area contributed by atoms with Crippen LogP contribution in [0.2, 0.25) is 0 Å². The van der Waals surface area contributed by atoms with E-state index in [1.54, 1.807) is 25.2 Å². The molecule has 0 atom stereocenters. The van der Waals surface area contributed by atoms with Gasteiger partial charge in [-0.15, -0.1) is 11.3 Å². The molecule has 1 aliphatic carbocycles. The fourth-order valence-corrected chi connectivity index (χ4v) is 6.19. The second kappa shape index (κ2) is 7.81. The number of sulfone groups is 1. The van der Waals surface area contributed by atoms with Gasteiger partial charge in [0.05, 0.1) is 11.0 Å². The molecule has 1 saturated carbocycles. The predicted molar refractivity (Wildman–Crippen MR) is 110 cm³/mol. The van der Waals surface area contributed by atoms with Crippen molar-refractivity contribution in [2.45, 2.75) is 58.1 Å². The molecule has 2 aromatic rings. The van der Waals surface area contributed by atoms with Gasteiger partial charge >= 0.3 is 0 Å². The minimum Gasteiger partial charge on any atom is -0.299 e. The van der Waals surface area contributed by atoms with E-state index in [2.05, 4.69) is 30.5 Å². The monoisotopic (exact) mass is 392 g/mol. The van der Waals surface area contributed by atoms with Crippen LogP contribution < -0.4 is 0 Å². The molecule has 1 aliphatic rings. The van der Waals surface area contributed by atoms with Crippen LogP contribution in [0.25, 0.3) is 10.1 Å². The third kappa shape index (κ3) is 4.37. The van der Waals surface area contributed by atoms with Gasteiger partial charge in [0, 0.05) is 17.0 Å². The number of hydrogen-bond acceptors (Lipinski definition) is 4. The van der Waals surface area contributed by atoms with Crippen molar-refractivity contribution in [3.63, 3.8) is 0 Å². The van der Waals surface area contributed by atoms with Crippen molar-refractivity contribution in [2.24, 2.45) is 11.8 Å². The highest BCUT2D eigenvalue weighted by Crippen LogP contribution is 2.32. The maximum absolute atomic E-state index is 12.7. The van der Waals surface area contributed by atoms with Gasteiger partial charge in [-0.3, -0.25) is 4.79 Å². The van der Waals surface area contributed by atoms with E-state index in [4.69, 9.17) is 0 Å². The van der Waals surface area contributed by atoms with Gasteiger partial charge in [0.2, 0.25) is 0 Å². The molecule has 142 valence electrons. The van der Waals surface area contributed by atoms with Crippen molar-refractivity contribution in [2.75, 3.05) is 5.75 Å². The van der Waals surface area contributed by atoms with E-state index in [0.717, 1.165) is 31.2 Å². The number of rotatable bonds is 6. The lowest BCUT2D eigenvalue weighted by atomic mass is 9.79. The summed E-state index contributed by atoms with van der Waals surface area (Å²) in [6, 6.07) is 6.39. The molecule has 1 aromatic heterocycles. The summed E-state index contributed by atoms with van der Waals surface area (Å²) in [5.41, 5.74) is 2.34. The van der Waals surface area contributed by atoms with E-state index in [1.807, 2.05) is 0 Å². The minimum absolute atomic E-state index is 0.0893. The number of aryl methyl sites for hydroxylation is 1. The Labute approximate surface area is 160 Å². The van der Waals surface area contributed by atoms with Gasteiger partial charge in [-0.25, -0.2) is 8.42 Å². The zero-order chi connectivity index (χ0) is 18.9. The molecule has 0 N–H and O–H groups in total. The lowest BCUT2D eigenvalue weighted by molar-refractivity contribution is -0.123. The average molecular weight is 393 g/mol. The highest BCUT2D eigenvalue weighted by Gasteiger charge is 2.30. The Morgan fingerprint density at radius 3 is 2.54 bits per heavy atom. The van der Waals surface area contributed by atoms with E-state index in [0.29, 0.717) is 12.2 Å². The van der Waals surface area contributed by atoms with E-state index in [-0.39, 0.29) is 22.8 Å². The lowest BCUT2D eigenvalue weighted by Gasteiger charge is -2.28. The summed E-state index contributed by atoms with van der Waals surface area (Å²) in [5, 5.41) is 3.01. The molecule has 0 saturated heterocycles. The maximum Gasteiger partial charge on any atom is 0.152 e. The molecule has 0 bridgehead atoms. The highest BCUT2D eigenvalue weighted by atomic mass is 32.2. The molecular formula is C21H28O3S2. The third-order valence-electron chi connectivity index (χ3n) is 5.66. The molecule has 1 heterocycles. The molecule has 1 fully saturated rings. The van der Waals surface area contributed by atoms with Crippen LogP contribution in [-0.4, -0.2) is 25.2 Å². The van der Waals surface area contributed by atoms with Gasteiger partial charge in [0.15, 0.2) is 9.84 Å². The van der Waals surface area contributed by atoms with E-state index in [1.165, 1.54) is 15.6 Å². The summed E-state index contributed by atoms with van der Waals surface area (Å²) in [6.07, 6.45) is 3.86. The number of hydrogen-bond donors (Lipinski definition) is 0. The zero-order valence-corrected chi connectivity index (χ0v) is 17.5. The second-order valence-corrected chi connectivity index (χ2v) is 11.5. The van der Waals surface area contributed by atoms with Crippen molar-refractivity contribution in [1.82, 2.24) is 0 Å². The maximum atomic E-state index is 12.7. The summed E-state index contributed by atoms with van der Waals surface area (Å²) in [6.45, 7) is 5.60. The number of thiophene rings is 1. The number of ketones is 1. The first-order chi connectivity index (χ1) is 12.3. The first kappa shape index (κ1) is 19.6. The summed E-state index contributed by atoms with van der Waals surface area (Å²) < 4.78 is 25.5. The molecule has 0 amide bonds. The smallest absolute Gasteiger partial charge is 0.152 e. The number of Topliss-reactive ketones (excluding diaryl/α,β-unsaturated/α-hetero) is 1. The Kier molecular flexibility index (Phi) is 5.88. The molecule has 3 nitrogen and oxygen atoms in total. The Bertz CT molecular complexity index is 885. The molecule has 0 radical (unpaired) electrons. The minimum atomic E-state index is -2.99. The zero-order valence-electron chi connectivity index (χ0n) is 15.8. The van der Waals surface area contributed by atoms with Crippen LogP contribution in [-0.2, 0) is 21.1 Å². The van der Waals surface area contributed by atoms with Crippen LogP contribution in [0, 0.1) is 18.8 Å². The molecular weight excluding hydrogens is 364 g/mol. The number of carbonyl (C=O) groups is 1. The van der Waals surface area contributed by atoms with Crippen LogP contribution in [0.1, 0.15) is 50.7 Å². The summed E-state index contributed by atoms with van der Waals surface area (Å²) in [5.74, 6) is 0.894. The summed E-state index contributed by atoms with van der Waals surface area (Å²) in [4.78, 5) is 12.7. The van der Waals surface area contributed by atoms with Crippen molar-refractivity contribution < 1.29 is 13.2 Å². The average Bonchev–Trinajstić information content (AvgIpc) is 3.04. The van der Waals surface area contributed by atoms with Gasteiger partial charge in [-0.2, -0.15) is 0 Å². The number of benzene rings is 1. The summed E-state index contributed by atoms with van der Waals surface area (Å²) >= 11 is 1.74. The Hall–Kier alpha value is -1.20. The van der Waals surface area contributed by atoms with E-state index < -0.39 is 9.84 Å². The molecule has 26 heavy (non-hydrogen) atoms. The lowest BCUT2D eigenvalue weighted by Crippen LogP contribution is -2.29. The topological polar surface area (TPSA) is 51.2 Å². The van der Waals surface area contributed by atoms with Gasteiger partial charge in [0.25, 0.3) is 0 Å². The Balaban J connectivity index is 1.58. The SMILES string of the molecule is Cc1cc(CC(=O)C2CCC(CS(=O)(=O)C(C)C)CC2)cc2ccsc12. The first-order valence-electron chi connectivity index (χ1n) is 9.47. The van der Waals surface area contributed by atoms with Crippen LogP contribution in [0.3, 0.4) is 0 Å². The molecule has 0 aliphatic heterocycles. The Morgan fingerprint density at radius 2 is 1.88 bits per heavy atom. The molecule has 0 spiro atoms. The second-order valence-electron chi connectivity index (χ2n) is 7.99. The van der Waals surface area contributed by atoms with Crippen LogP contribution in [0.5, 0.6) is 0 Å². The standard InChI is InChI=1S/C21H28O3S2/c1-14(2)26(23,24)13-16-4-6-18(7-5-16)20(22)12-17-10-15(3)21-19(11-17)8-9-25-21/h8-11,14,16,18H,4-7,12-13H2,1-3H3. The van der Waals surface area contributed by atoms with Gasteiger partial charge in [-0.05, 0) is 86.4 Å². The largest absolute Gasteiger partial charge is 0.299 e. The third-order valence-corrected chi connectivity index (χ3v) is 9.10. The van der Waals surface area contributed by atoms with E-state index >= 15 is 0 Å². The van der Waals surface area contributed by atoms with Crippen molar-refractivity contribution in [3.05, 3.63) is 34.7 Å². The van der Waals surface area contributed by atoms with Crippen molar-refractivity contribution in [1.29, 1.82) is 0 Å². The number of carbonyl (C=O) groups excluding carboxylic acids is 1. The Morgan fingerprint density at radius 1 is 1.19 bits per heavy atom. The van der Waals surface area contributed by atoms with Gasteiger partial charge in [0.1, 0.15) is 5.78 Å². The van der Waals surface area contributed by atoms with Gasteiger partial charge < -0.3 is 0 Å². The van der Waals surface area contributed by atoms with E-state index in [9.17, 15) is 13.2 Å². The van der Waals surface area contributed by atoms with Crippen LogP contribution in [0.4, 0.5) is 0 Å². The summed E-state index contributed by atoms with van der Waals surface area (Å²) in [7, 11) is -2.99. The predicted octanol–water partition coefficient (Wildman–Crippen LogP) is 4.95. The fourth-order valence-electron chi connectivity index (χ4n) is 3.96. The van der Waals surface area contributed by atoms with Crippen molar-refractivity contribution in [3.8, 4) is 0 Å². The van der Waals surface area contributed by atoms with Gasteiger partial charge in [-0.1, -0.05) is 6.07 Å². The molecule has 0 unspecified atom stereocenters. The number of fused-ring (bicyclic) bond motifs is 1. The fraction of sp³-hybridized carbons (Fsp3) is 0.571. The quantitative estimate of drug-likeness (QED) is 0.699. The first-order valence-corrected chi connectivity index (χ1v) is 12.1.